The van der Waals surface area contributed by atoms with Crippen LogP contribution >= 0.6 is 11.8 Å². The monoisotopic (exact) mass is 266 g/mol. The maximum atomic E-state index is 11.4. The van der Waals surface area contributed by atoms with Crippen molar-refractivity contribution in [2.24, 2.45) is 5.92 Å². The highest BCUT2D eigenvalue weighted by molar-refractivity contribution is 7.98. The van der Waals surface area contributed by atoms with Gasteiger partial charge >= 0.3 is 5.97 Å². The molecule has 0 aliphatic carbocycles. The number of carboxylic acid groups (broad SMARTS) is 1. The lowest BCUT2D eigenvalue weighted by Crippen LogP contribution is -2.16. The number of carboxylic acids is 1. The fourth-order valence-corrected chi connectivity index (χ4v) is 2.73. The molecule has 0 saturated carbocycles. The van der Waals surface area contributed by atoms with Gasteiger partial charge in [-0.05, 0) is 42.7 Å². The van der Waals surface area contributed by atoms with E-state index in [0.29, 0.717) is 18.9 Å². The zero-order valence-electron chi connectivity index (χ0n) is 10.5. The van der Waals surface area contributed by atoms with Crippen molar-refractivity contribution >= 4 is 17.7 Å². The zero-order valence-corrected chi connectivity index (χ0v) is 11.3. The Morgan fingerprint density at radius 1 is 1.50 bits per heavy atom. The summed E-state index contributed by atoms with van der Waals surface area (Å²) in [4.78, 5) is 12.6. The molecule has 98 valence electrons. The van der Waals surface area contributed by atoms with Gasteiger partial charge in [0.2, 0.25) is 0 Å². The van der Waals surface area contributed by atoms with Gasteiger partial charge in [-0.3, -0.25) is 4.79 Å². The van der Waals surface area contributed by atoms with Crippen LogP contribution in [-0.4, -0.2) is 30.5 Å². The second-order valence-electron chi connectivity index (χ2n) is 4.63. The number of benzene rings is 1. The number of aliphatic carboxylic acids is 1. The second-order valence-corrected chi connectivity index (χ2v) is 5.51. The molecule has 0 spiro atoms. The van der Waals surface area contributed by atoms with Crippen LogP contribution < -0.4 is 0 Å². The molecule has 1 N–H and O–H groups in total. The van der Waals surface area contributed by atoms with E-state index in [-0.39, 0.29) is 0 Å². The Hall–Kier alpha value is -1.00. The Labute approximate surface area is 112 Å². The first-order valence-corrected chi connectivity index (χ1v) is 7.37. The van der Waals surface area contributed by atoms with Crippen molar-refractivity contribution < 1.29 is 14.6 Å². The van der Waals surface area contributed by atoms with Crippen LogP contribution in [0.4, 0.5) is 0 Å². The number of thioether (sulfide) groups is 1. The fraction of sp³-hybridized carbons (Fsp3) is 0.500. The van der Waals surface area contributed by atoms with Crippen LogP contribution in [0.3, 0.4) is 0 Å². The molecule has 3 nitrogen and oxygen atoms in total. The second kappa shape index (κ2) is 6.25. The molecule has 0 bridgehead atoms. The molecule has 1 aromatic rings. The third-order valence-corrected chi connectivity index (χ3v) is 4.15. The molecule has 0 amide bonds. The molecule has 1 fully saturated rings. The van der Waals surface area contributed by atoms with Crippen molar-refractivity contribution in [2.75, 3.05) is 19.5 Å². The highest BCUT2D eigenvalue weighted by Gasteiger charge is 2.26. The van der Waals surface area contributed by atoms with Gasteiger partial charge in [-0.15, -0.1) is 11.8 Å². The summed E-state index contributed by atoms with van der Waals surface area (Å²) in [5, 5.41) is 9.37. The minimum atomic E-state index is -0.737. The van der Waals surface area contributed by atoms with E-state index in [1.165, 1.54) is 0 Å². The average Bonchev–Trinajstić information content (AvgIpc) is 2.89. The van der Waals surface area contributed by atoms with Crippen molar-refractivity contribution in [2.45, 2.75) is 23.7 Å². The Bertz CT molecular complexity index is 396. The van der Waals surface area contributed by atoms with Gasteiger partial charge < -0.3 is 9.84 Å². The van der Waals surface area contributed by atoms with Gasteiger partial charge in [0.05, 0.1) is 5.92 Å². The van der Waals surface area contributed by atoms with Crippen LogP contribution in [0, 0.1) is 5.92 Å². The third kappa shape index (κ3) is 3.27. The Kier molecular flexibility index (Phi) is 4.66. The van der Waals surface area contributed by atoms with Crippen molar-refractivity contribution in [3.8, 4) is 0 Å². The number of ether oxygens (including phenoxy) is 1. The van der Waals surface area contributed by atoms with Crippen LogP contribution in [0.2, 0.25) is 0 Å². The normalized spacial score (nSPS) is 20.8. The highest BCUT2D eigenvalue weighted by atomic mass is 32.2. The van der Waals surface area contributed by atoms with Crippen molar-refractivity contribution in [1.29, 1.82) is 0 Å². The molecule has 1 heterocycles. The van der Waals surface area contributed by atoms with E-state index in [2.05, 4.69) is 0 Å². The van der Waals surface area contributed by atoms with Crippen molar-refractivity contribution in [3.63, 3.8) is 0 Å². The van der Waals surface area contributed by atoms with E-state index >= 15 is 0 Å². The molecule has 1 aliphatic heterocycles. The van der Waals surface area contributed by atoms with E-state index in [9.17, 15) is 9.90 Å². The predicted octanol–water partition coefficient (Wildman–Crippen LogP) is 3.00. The third-order valence-electron chi connectivity index (χ3n) is 3.41. The molecular weight excluding hydrogens is 248 g/mol. The maximum Gasteiger partial charge on any atom is 0.310 e. The average molecular weight is 266 g/mol. The quantitative estimate of drug-likeness (QED) is 0.832. The SMILES string of the molecule is CSc1ccc(C(CC2CCOC2)C(=O)O)cc1. The standard InChI is InChI=1S/C14H18O3S/c1-18-12-4-2-11(3-5-12)13(14(15)16)8-10-6-7-17-9-10/h2-5,10,13H,6-9H2,1H3,(H,15,16). The number of carbonyl (C=O) groups is 1. The summed E-state index contributed by atoms with van der Waals surface area (Å²) in [5.41, 5.74) is 0.896. The van der Waals surface area contributed by atoms with Gasteiger partial charge in [-0.25, -0.2) is 0 Å². The molecular formula is C14H18O3S. The summed E-state index contributed by atoms with van der Waals surface area (Å²) >= 11 is 1.66. The molecule has 4 heteroatoms. The minimum absolute atomic E-state index is 0.381. The van der Waals surface area contributed by atoms with Crippen LogP contribution in [0.15, 0.2) is 29.2 Å². The van der Waals surface area contributed by atoms with E-state index in [4.69, 9.17) is 4.74 Å². The Morgan fingerprint density at radius 2 is 2.22 bits per heavy atom. The molecule has 1 saturated heterocycles. The first-order valence-electron chi connectivity index (χ1n) is 6.15. The van der Waals surface area contributed by atoms with Crippen LogP contribution in [0.5, 0.6) is 0 Å². The fourth-order valence-electron chi connectivity index (χ4n) is 2.32. The summed E-state index contributed by atoms with van der Waals surface area (Å²) in [5.74, 6) is -0.766. The van der Waals surface area contributed by atoms with Crippen LogP contribution in [0.1, 0.15) is 24.3 Å². The van der Waals surface area contributed by atoms with Gasteiger partial charge in [0.25, 0.3) is 0 Å². The molecule has 0 radical (unpaired) electrons. The molecule has 18 heavy (non-hydrogen) atoms. The lowest BCUT2D eigenvalue weighted by Gasteiger charge is -2.16. The van der Waals surface area contributed by atoms with Crippen molar-refractivity contribution in [1.82, 2.24) is 0 Å². The maximum absolute atomic E-state index is 11.4. The summed E-state index contributed by atoms with van der Waals surface area (Å²) in [6, 6.07) is 7.84. The highest BCUT2D eigenvalue weighted by Crippen LogP contribution is 2.29. The smallest absolute Gasteiger partial charge is 0.310 e. The van der Waals surface area contributed by atoms with Crippen molar-refractivity contribution in [3.05, 3.63) is 29.8 Å². The first kappa shape index (κ1) is 13.4. The molecule has 2 atom stereocenters. The van der Waals surface area contributed by atoms with Gasteiger partial charge in [-0.2, -0.15) is 0 Å². The molecule has 2 rings (SSSR count). The van der Waals surface area contributed by atoms with Crippen LogP contribution in [0.25, 0.3) is 0 Å². The van der Waals surface area contributed by atoms with Gasteiger partial charge in [0.1, 0.15) is 0 Å². The van der Waals surface area contributed by atoms with Gasteiger partial charge in [0, 0.05) is 18.1 Å². The number of hydrogen-bond acceptors (Lipinski definition) is 3. The molecule has 0 aromatic heterocycles. The molecule has 2 unspecified atom stereocenters. The van der Waals surface area contributed by atoms with E-state index in [1.54, 1.807) is 11.8 Å². The topological polar surface area (TPSA) is 46.5 Å². The summed E-state index contributed by atoms with van der Waals surface area (Å²) in [6.07, 6.45) is 3.67. The Balaban J connectivity index is 2.10. The lowest BCUT2D eigenvalue weighted by molar-refractivity contribution is -0.139. The van der Waals surface area contributed by atoms with Gasteiger partial charge in [0.15, 0.2) is 0 Å². The number of hydrogen-bond donors (Lipinski definition) is 1. The largest absolute Gasteiger partial charge is 0.481 e. The summed E-state index contributed by atoms with van der Waals surface area (Å²) in [6.45, 7) is 1.47. The minimum Gasteiger partial charge on any atom is -0.481 e. The molecule has 1 aromatic carbocycles. The number of rotatable bonds is 5. The predicted molar refractivity (Wildman–Crippen MR) is 72.1 cm³/mol. The van der Waals surface area contributed by atoms with E-state index in [1.807, 2.05) is 30.5 Å². The van der Waals surface area contributed by atoms with E-state index in [0.717, 1.165) is 23.5 Å². The van der Waals surface area contributed by atoms with Gasteiger partial charge in [-0.1, -0.05) is 12.1 Å². The van der Waals surface area contributed by atoms with Crippen LogP contribution in [-0.2, 0) is 9.53 Å². The summed E-state index contributed by atoms with van der Waals surface area (Å²) in [7, 11) is 0. The summed E-state index contributed by atoms with van der Waals surface area (Å²) < 4.78 is 5.31. The zero-order chi connectivity index (χ0) is 13.0. The van der Waals surface area contributed by atoms with E-state index < -0.39 is 11.9 Å². The molecule has 1 aliphatic rings. The lowest BCUT2D eigenvalue weighted by atomic mass is 9.88. The first-order chi connectivity index (χ1) is 8.70. The Morgan fingerprint density at radius 3 is 2.72 bits per heavy atom.